The minimum Gasteiger partial charge on any atom is -0.454 e. The highest BCUT2D eigenvalue weighted by atomic mass is 32.2. The van der Waals surface area contributed by atoms with Crippen molar-refractivity contribution >= 4 is 40.8 Å². The molecule has 4 rings (SSSR count). The Morgan fingerprint density at radius 3 is 2.93 bits per heavy atom. The molecule has 27 heavy (non-hydrogen) atoms. The molecule has 0 radical (unpaired) electrons. The molecular weight excluding hydrogens is 378 g/mol. The molecular formula is C21H17NO3S2. The number of fused-ring (bicyclic) bond motifs is 1. The Morgan fingerprint density at radius 2 is 2.04 bits per heavy atom. The summed E-state index contributed by atoms with van der Waals surface area (Å²) < 4.78 is 10.6. The van der Waals surface area contributed by atoms with Gasteiger partial charge in [0.25, 0.3) is 0 Å². The molecule has 0 bridgehead atoms. The molecule has 1 N–H and O–H groups in total. The molecule has 3 aromatic rings. The molecule has 0 saturated heterocycles. The van der Waals surface area contributed by atoms with Gasteiger partial charge >= 0.3 is 0 Å². The summed E-state index contributed by atoms with van der Waals surface area (Å²) in [6, 6.07) is 15.6. The number of benzene rings is 2. The monoisotopic (exact) mass is 395 g/mol. The average Bonchev–Trinajstić information content (AvgIpc) is 3.37. The van der Waals surface area contributed by atoms with Crippen molar-refractivity contribution in [3.05, 3.63) is 76.5 Å². The zero-order chi connectivity index (χ0) is 18.5. The topological polar surface area (TPSA) is 47.6 Å². The Morgan fingerprint density at radius 1 is 1.15 bits per heavy atom. The Bertz CT molecular complexity index is 967. The number of carbonyl (C=O) groups excluding carboxylic acids is 1. The first kappa shape index (κ1) is 17.7. The summed E-state index contributed by atoms with van der Waals surface area (Å²) in [6.07, 6.45) is 3.29. The van der Waals surface area contributed by atoms with Crippen LogP contribution in [0.5, 0.6) is 11.5 Å². The van der Waals surface area contributed by atoms with Crippen molar-refractivity contribution in [1.29, 1.82) is 0 Å². The molecule has 2 heterocycles. The molecule has 1 aromatic heterocycles. The van der Waals surface area contributed by atoms with Crippen molar-refractivity contribution in [2.45, 2.75) is 10.6 Å². The van der Waals surface area contributed by atoms with E-state index in [-0.39, 0.29) is 12.7 Å². The highest BCUT2D eigenvalue weighted by molar-refractivity contribution is 7.98. The number of ether oxygens (including phenoxy) is 2. The number of anilines is 1. The molecule has 1 aliphatic rings. The normalized spacial score (nSPS) is 12.4. The van der Waals surface area contributed by atoms with Gasteiger partial charge in [0.05, 0.1) is 5.69 Å². The zero-order valence-electron chi connectivity index (χ0n) is 14.4. The van der Waals surface area contributed by atoms with Gasteiger partial charge in [0.1, 0.15) is 0 Å². The van der Waals surface area contributed by atoms with Crippen LogP contribution in [-0.4, -0.2) is 12.7 Å². The number of hydrogen-bond donors (Lipinski definition) is 1. The van der Waals surface area contributed by atoms with E-state index in [2.05, 4.69) is 22.1 Å². The Balaban J connectivity index is 1.40. The second-order valence-electron chi connectivity index (χ2n) is 5.85. The number of thiophene rings is 1. The number of rotatable bonds is 6. The van der Waals surface area contributed by atoms with E-state index in [9.17, 15) is 4.79 Å². The quantitative estimate of drug-likeness (QED) is 0.447. The van der Waals surface area contributed by atoms with Crippen molar-refractivity contribution in [1.82, 2.24) is 0 Å². The van der Waals surface area contributed by atoms with Gasteiger partial charge in [0, 0.05) is 16.7 Å². The van der Waals surface area contributed by atoms with Crippen LogP contribution in [-0.2, 0) is 10.5 Å². The van der Waals surface area contributed by atoms with Crippen molar-refractivity contribution in [3.8, 4) is 11.5 Å². The van der Waals surface area contributed by atoms with Gasteiger partial charge < -0.3 is 14.8 Å². The molecule has 136 valence electrons. The van der Waals surface area contributed by atoms with Crippen LogP contribution in [0.3, 0.4) is 0 Å². The van der Waals surface area contributed by atoms with Crippen LogP contribution in [0, 0.1) is 0 Å². The van der Waals surface area contributed by atoms with Crippen molar-refractivity contribution in [3.63, 3.8) is 0 Å². The lowest BCUT2D eigenvalue weighted by Gasteiger charge is -2.09. The molecule has 0 unspecified atom stereocenters. The van der Waals surface area contributed by atoms with Crippen LogP contribution in [0.15, 0.2) is 70.3 Å². The summed E-state index contributed by atoms with van der Waals surface area (Å²) in [6.45, 7) is 0.239. The van der Waals surface area contributed by atoms with Crippen LogP contribution in [0.2, 0.25) is 0 Å². The fourth-order valence-electron chi connectivity index (χ4n) is 2.59. The predicted molar refractivity (Wildman–Crippen MR) is 111 cm³/mol. The summed E-state index contributed by atoms with van der Waals surface area (Å²) >= 11 is 3.40. The summed E-state index contributed by atoms with van der Waals surface area (Å²) in [5.74, 6) is 2.14. The molecule has 4 nitrogen and oxygen atoms in total. The van der Waals surface area contributed by atoms with E-state index >= 15 is 0 Å². The maximum absolute atomic E-state index is 12.3. The largest absolute Gasteiger partial charge is 0.454 e. The minimum absolute atomic E-state index is 0.170. The molecule has 0 aliphatic carbocycles. The van der Waals surface area contributed by atoms with Gasteiger partial charge in [0.15, 0.2) is 11.5 Å². The average molecular weight is 396 g/mol. The van der Waals surface area contributed by atoms with E-state index in [0.29, 0.717) is 5.75 Å². The highest BCUT2D eigenvalue weighted by Crippen LogP contribution is 2.33. The van der Waals surface area contributed by atoms with Crippen molar-refractivity contribution in [2.75, 3.05) is 12.1 Å². The second-order valence-corrected chi connectivity index (χ2v) is 7.65. The molecule has 1 aliphatic heterocycles. The third-order valence-corrected chi connectivity index (χ3v) is 5.82. The fourth-order valence-corrected chi connectivity index (χ4v) is 4.32. The summed E-state index contributed by atoms with van der Waals surface area (Å²) in [7, 11) is 0. The number of para-hydroxylation sites is 1. The van der Waals surface area contributed by atoms with Crippen LogP contribution >= 0.6 is 23.1 Å². The van der Waals surface area contributed by atoms with E-state index < -0.39 is 0 Å². The number of hydrogen-bond acceptors (Lipinski definition) is 5. The standard InChI is InChI=1S/C21H17NO3S2/c23-21(8-6-15-5-7-18-19(11-15)25-14-24-18)22-17-3-1-2-4-20(17)27-13-16-9-10-26-12-16/h1-12H,13-14H2,(H,22,23)/b8-6+. The van der Waals surface area contributed by atoms with Gasteiger partial charge in [-0.3, -0.25) is 4.79 Å². The van der Waals surface area contributed by atoms with Gasteiger partial charge in [-0.25, -0.2) is 0 Å². The predicted octanol–water partition coefficient (Wildman–Crippen LogP) is 5.42. The van der Waals surface area contributed by atoms with Crippen LogP contribution in [0.4, 0.5) is 5.69 Å². The van der Waals surface area contributed by atoms with Crippen molar-refractivity contribution < 1.29 is 14.3 Å². The lowest BCUT2D eigenvalue weighted by atomic mass is 10.2. The first-order valence-corrected chi connectivity index (χ1v) is 10.3. The smallest absolute Gasteiger partial charge is 0.248 e. The molecule has 6 heteroatoms. The molecule has 0 spiro atoms. The summed E-state index contributed by atoms with van der Waals surface area (Å²) in [5, 5.41) is 7.18. The van der Waals surface area contributed by atoms with Gasteiger partial charge in [-0.05, 0) is 58.3 Å². The summed E-state index contributed by atoms with van der Waals surface area (Å²) in [5.41, 5.74) is 2.99. The Hall–Kier alpha value is -2.70. The van der Waals surface area contributed by atoms with E-state index in [1.165, 1.54) is 11.6 Å². The van der Waals surface area contributed by atoms with E-state index in [0.717, 1.165) is 27.6 Å². The van der Waals surface area contributed by atoms with Crippen LogP contribution in [0.1, 0.15) is 11.1 Å². The minimum atomic E-state index is -0.170. The van der Waals surface area contributed by atoms with Crippen LogP contribution in [0.25, 0.3) is 6.08 Å². The fraction of sp³-hybridized carbons (Fsp3) is 0.0952. The van der Waals surface area contributed by atoms with Gasteiger partial charge in [-0.15, -0.1) is 11.8 Å². The van der Waals surface area contributed by atoms with E-state index in [1.807, 2.05) is 42.5 Å². The van der Waals surface area contributed by atoms with E-state index in [4.69, 9.17) is 9.47 Å². The lowest BCUT2D eigenvalue weighted by Crippen LogP contribution is -2.08. The lowest BCUT2D eigenvalue weighted by molar-refractivity contribution is -0.111. The Kier molecular flexibility index (Phi) is 5.46. The first-order chi connectivity index (χ1) is 13.3. The van der Waals surface area contributed by atoms with Gasteiger partial charge in [-0.1, -0.05) is 18.2 Å². The van der Waals surface area contributed by atoms with Gasteiger partial charge in [0.2, 0.25) is 12.7 Å². The van der Waals surface area contributed by atoms with E-state index in [1.54, 1.807) is 29.2 Å². The molecule has 2 aromatic carbocycles. The number of amides is 1. The first-order valence-electron chi connectivity index (χ1n) is 8.39. The summed E-state index contributed by atoms with van der Waals surface area (Å²) in [4.78, 5) is 13.4. The van der Waals surface area contributed by atoms with Crippen molar-refractivity contribution in [2.24, 2.45) is 0 Å². The zero-order valence-corrected chi connectivity index (χ0v) is 16.0. The highest BCUT2D eigenvalue weighted by Gasteiger charge is 2.12. The third-order valence-electron chi connectivity index (χ3n) is 3.94. The second kappa shape index (κ2) is 8.33. The number of thioether (sulfide) groups is 1. The molecule has 0 saturated carbocycles. The SMILES string of the molecule is O=C(/C=C/c1ccc2c(c1)OCO2)Nc1ccccc1SCc1ccsc1. The van der Waals surface area contributed by atoms with Gasteiger partial charge in [-0.2, -0.15) is 11.3 Å². The molecule has 1 amide bonds. The number of carbonyl (C=O) groups is 1. The number of nitrogens with one attached hydrogen (secondary N) is 1. The maximum Gasteiger partial charge on any atom is 0.248 e. The molecule has 0 atom stereocenters. The third kappa shape index (κ3) is 4.53. The Labute approximate surface area is 165 Å². The molecule has 0 fully saturated rings. The maximum atomic E-state index is 12.3. The van der Waals surface area contributed by atoms with Crippen LogP contribution < -0.4 is 14.8 Å².